The van der Waals surface area contributed by atoms with E-state index in [1.54, 1.807) is 6.07 Å². The van der Waals surface area contributed by atoms with Crippen molar-refractivity contribution in [2.45, 2.75) is 31.8 Å². The molecule has 8 nitrogen and oxygen atoms in total. The van der Waals surface area contributed by atoms with Gasteiger partial charge in [-0.05, 0) is 48.9 Å². The lowest BCUT2D eigenvalue weighted by atomic mass is 10.0. The van der Waals surface area contributed by atoms with E-state index in [1.807, 2.05) is 11.8 Å². The first kappa shape index (κ1) is 29.8. The second-order valence-electron chi connectivity index (χ2n) is 9.03. The average Bonchev–Trinajstić information content (AvgIpc) is 2.90. The van der Waals surface area contributed by atoms with Crippen LogP contribution in [0.15, 0.2) is 42.5 Å². The Morgan fingerprint density at radius 3 is 2.38 bits per heavy atom. The summed E-state index contributed by atoms with van der Waals surface area (Å²) >= 11 is 0. The molecule has 1 fully saturated rings. The Kier molecular flexibility index (Phi) is 9.86. The summed E-state index contributed by atoms with van der Waals surface area (Å²) in [6, 6.07) is 8.28. The van der Waals surface area contributed by atoms with Crippen molar-refractivity contribution in [3.05, 3.63) is 70.3 Å². The van der Waals surface area contributed by atoms with Gasteiger partial charge < -0.3 is 20.1 Å². The highest BCUT2D eigenvalue weighted by Gasteiger charge is 2.35. The van der Waals surface area contributed by atoms with Crippen LogP contribution in [0.25, 0.3) is 0 Å². The minimum atomic E-state index is -4.59. The third-order valence-corrected chi connectivity index (χ3v) is 6.26. The van der Waals surface area contributed by atoms with E-state index in [-0.39, 0.29) is 17.2 Å². The number of amides is 2. The third-order valence-electron chi connectivity index (χ3n) is 6.26. The van der Waals surface area contributed by atoms with Crippen LogP contribution in [0, 0.1) is 11.8 Å². The quantitative estimate of drug-likeness (QED) is 0.370. The SMILES string of the molecule is CCOC1CN(Cc2ccc(C#Cc3ccc(C(=O)N(C)C(C(=O)CO)C(=O)NC)cc3)c(C(F)(F)F)c2)C1. The van der Waals surface area contributed by atoms with Crippen molar-refractivity contribution in [3.63, 3.8) is 0 Å². The predicted molar refractivity (Wildman–Crippen MR) is 137 cm³/mol. The van der Waals surface area contributed by atoms with Gasteiger partial charge in [-0.3, -0.25) is 19.3 Å². The lowest BCUT2D eigenvalue weighted by Gasteiger charge is -2.38. The van der Waals surface area contributed by atoms with Gasteiger partial charge in [0.1, 0.15) is 6.61 Å². The molecule has 208 valence electrons. The molecule has 1 heterocycles. The van der Waals surface area contributed by atoms with Crippen LogP contribution in [-0.2, 0) is 27.0 Å². The van der Waals surface area contributed by atoms with E-state index < -0.39 is 42.0 Å². The van der Waals surface area contributed by atoms with Gasteiger partial charge >= 0.3 is 6.18 Å². The Bertz CT molecular complexity index is 1250. The molecule has 11 heteroatoms. The van der Waals surface area contributed by atoms with E-state index in [0.29, 0.717) is 37.4 Å². The van der Waals surface area contributed by atoms with Crippen LogP contribution in [-0.4, -0.2) is 85.0 Å². The molecule has 0 saturated carbocycles. The van der Waals surface area contributed by atoms with Crippen molar-refractivity contribution in [2.24, 2.45) is 0 Å². The summed E-state index contributed by atoms with van der Waals surface area (Å²) < 4.78 is 46.8. The Morgan fingerprint density at radius 1 is 1.15 bits per heavy atom. The van der Waals surface area contributed by atoms with Gasteiger partial charge in [0, 0.05) is 57.0 Å². The lowest BCUT2D eigenvalue weighted by molar-refractivity contribution is -0.138. The maximum absolute atomic E-state index is 13.8. The first-order valence-corrected chi connectivity index (χ1v) is 12.3. The maximum atomic E-state index is 13.8. The van der Waals surface area contributed by atoms with E-state index in [2.05, 4.69) is 17.2 Å². The monoisotopic (exact) mass is 545 g/mol. The highest BCUT2D eigenvalue weighted by Crippen LogP contribution is 2.33. The van der Waals surface area contributed by atoms with Gasteiger partial charge in [-0.25, -0.2) is 0 Å². The number of likely N-dealkylation sites (N-methyl/N-ethyl adjacent to an activating group) is 2. The fourth-order valence-corrected chi connectivity index (χ4v) is 4.20. The molecule has 3 rings (SSSR count). The van der Waals surface area contributed by atoms with Crippen LogP contribution < -0.4 is 5.32 Å². The van der Waals surface area contributed by atoms with Crippen molar-refractivity contribution >= 4 is 17.6 Å². The summed E-state index contributed by atoms with van der Waals surface area (Å²) in [4.78, 5) is 39.7. The molecule has 1 atom stereocenters. The third kappa shape index (κ3) is 7.44. The van der Waals surface area contributed by atoms with Crippen LogP contribution in [0.5, 0.6) is 0 Å². The van der Waals surface area contributed by atoms with Gasteiger partial charge in [0.2, 0.25) is 5.91 Å². The highest BCUT2D eigenvalue weighted by molar-refractivity contribution is 6.10. The van der Waals surface area contributed by atoms with E-state index >= 15 is 0 Å². The second kappa shape index (κ2) is 12.9. The first-order chi connectivity index (χ1) is 18.5. The molecule has 1 aliphatic heterocycles. The molecular weight excluding hydrogens is 515 g/mol. The Hall–Kier alpha value is -3.72. The average molecular weight is 546 g/mol. The summed E-state index contributed by atoms with van der Waals surface area (Å²) in [5.41, 5.74) is 0.0304. The van der Waals surface area contributed by atoms with Crippen LogP contribution in [0.2, 0.25) is 0 Å². The Balaban J connectivity index is 1.76. The molecule has 0 spiro atoms. The molecule has 1 aliphatic rings. The number of rotatable bonds is 9. The van der Waals surface area contributed by atoms with Gasteiger partial charge in [0.25, 0.3) is 5.91 Å². The summed E-state index contributed by atoms with van der Waals surface area (Å²) in [6.07, 6.45) is -4.47. The van der Waals surface area contributed by atoms with Crippen molar-refractivity contribution in [2.75, 3.05) is 40.4 Å². The smallest absolute Gasteiger partial charge is 0.388 e. The van der Waals surface area contributed by atoms with E-state index in [0.717, 1.165) is 11.0 Å². The number of nitrogens with zero attached hydrogens (tertiary/aromatic N) is 2. The van der Waals surface area contributed by atoms with Crippen molar-refractivity contribution < 1.29 is 37.4 Å². The van der Waals surface area contributed by atoms with Gasteiger partial charge in [-0.2, -0.15) is 13.2 Å². The van der Waals surface area contributed by atoms with Crippen LogP contribution in [0.3, 0.4) is 0 Å². The summed E-state index contributed by atoms with van der Waals surface area (Å²) in [6.45, 7) is 3.32. The van der Waals surface area contributed by atoms with Gasteiger partial charge in [-0.15, -0.1) is 0 Å². The molecule has 39 heavy (non-hydrogen) atoms. The molecule has 2 amide bonds. The van der Waals surface area contributed by atoms with Crippen LogP contribution >= 0.6 is 0 Å². The number of carbonyl (C=O) groups excluding carboxylic acids is 3. The fraction of sp³-hybridized carbons (Fsp3) is 0.393. The van der Waals surface area contributed by atoms with Crippen molar-refractivity contribution in [1.82, 2.24) is 15.1 Å². The van der Waals surface area contributed by atoms with Crippen LogP contribution in [0.4, 0.5) is 13.2 Å². The van der Waals surface area contributed by atoms with Gasteiger partial charge in [0.15, 0.2) is 11.8 Å². The zero-order chi connectivity index (χ0) is 28.7. The molecule has 1 saturated heterocycles. The minimum absolute atomic E-state index is 0.115. The summed E-state index contributed by atoms with van der Waals surface area (Å²) in [5, 5.41) is 11.4. The van der Waals surface area contributed by atoms with E-state index in [4.69, 9.17) is 9.84 Å². The fourth-order valence-electron chi connectivity index (χ4n) is 4.20. The van der Waals surface area contributed by atoms with Crippen molar-refractivity contribution in [1.29, 1.82) is 0 Å². The van der Waals surface area contributed by atoms with E-state index in [1.165, 1.54) is 44.4 Å². The molecular formula is C28H30F3N3O5. The normalized spacial score (nSPS) is 14.5. The molecule has 2 aromatic carbocycles. The van der Waals surface area contributed by atoms with Crippen LogP contribution in [0.1, 0.15) is 39.5 Å². The molecule has 0 aliphatic carbocycles. The highest BCUT2D eigenvalue weighted by atomic mass is 19.4. The Morgan fingerprint density at radius 2 is 1.82 bits per heavy atom. The Labute approximate surface area is 224 Å². The molecule has 2 aromatic rings. The summed E-state index contributed by atoms with van der Waals surface area (Å²) in [5.74, 6) is 3.02. The zero-order valence-corrected chi connectivity index (χ0v) is 21.8. The lowest BCUT2D eigenvalue weighted by Crippen LogP contribution is -2.52. The second-order valence-corrected chi connectivity index (χ2v) is 9.03. The molecule has 0 radical (unpaired) electrons. The number of ether oxygens (including phenoxy) is 1. The molecule has 1 unspecified atom stereocenters. The number of hydrogen-bond donors (Lipinski definition) is 2. The zero-order valence-electron chi connectivity index (χ0n) is 21.8. The first-order valence-electron chi connectivity index (χ1n) is 12.3. The topological polar surface area (TPSA) is 99.2 Å². The van der Waals surface area contributed by atoms with Gasteiger partial charge in [-0.1, -0.05) is 17.9 Å². The number of benzene rings is 2. The number of alkyl halides is 3. The molecule has 0 aromatic heterocycles. The number of carbonyl (C=O) groups is 3. The maximum Gasteiger partial charge on any atom is 0.417 e. The molecule has 0 bridgehead atoms. The van der Waals surface area contributed by atoms with Crippen molar-refractivity contribution in [3.8, 4) is 11.8 Å². The number of hydrogen-bond acceptors (Lipinski definition) is 6. The molecule has 2 N–H and O–H groups in total. The largest absolute Gasteiger partial charge is 0.417 e. The number of likely N-dealkylation sites (tertiary alicyclic amines) is 1. The van der Waals surface area contributed by atoms with Gasteiger partial charge in [0.05, 0.1) is 11.7 Å². The standard InChI is InChI=1S/C28H30F3N3O5/c1-4-39-22-15-34(16-22)14-19-8-10-20(23(13-19)28(29,30)31)9-5-18-6-11-21(12-7-18)27(38)33(3)25(24(36)17-35)26(37)32-2/h6-8,10-13,22,25,35H,4,14-17H2,1-3H3,(H,32,37). The number of halogens is 3. The van der Waals surface area contributed by atoms with E-state index in [9.17, 15) is 27.6 Å². The number of Topliss-reactive ketones (excluding diaryl/α,β-unsaturated/α-hetero) is 1. The minimum Gasteiger partial charge on any atom is -0.388 e. The number of nitrogens with one attached hydrogen (secondary N) is 1. The number of aliphatic hydroxyl groups is 1. The number of ketones is 1. The summed E-state index contributed by atoms with van der Waals surface area (Å²) in [7, 11) is 2.55. The predicted octanol–water partition coefficient (Wildman–Crippen LogP) is 2.07. The number of aliphatic hydroxyl groups excluding tert-OH is 1.